The Balaban J connectivity index is 1.75. The lowest BCUT2D eigenvalue weighted by atomic mass is 10.1. The fourth-order valence-corrected chi connectivity index (χ4v) is 2.79. The molecule has 0 spiro atoms. The molecule has 0 bridgehead atoms. The zero-order valence-electron chi connectivity index (χ0n) is 11.8. The summed E-state index contributed by atoms with van der Waals surface area (Å²) in [5.74, 6) is 0.971. The van der Waals surface area contributed by atoms with Crippen LogP contribution >= 0.6 is 15.9 Å². The Morgan fingerprint density at radius 2 is 2.40 bits per heavy atom. The fraction of sp³-hybridized carbons (Fsp3) is 0.533. The number of benzene rings is 1. The lowest BCUT2D eigenvalue weighted by molar-refractivity contribution is -0.133. The number of hydrogen-bond acceptors (Lipinski definition) is 3. The van der Waals surface area contributed by atoms with Crippen LogP contribution in [0.15, 0.2) is 28.7 Å². The Morgan fingerprint density at radius 1 is 1.55 bits per heavy atom. The quantitative estimate of drug-likeness (QED) is 0.894. The Labute approximate surface area is 128 Å². The van der Waals surface area contributed by atoms with Crippen molar-refractivity contribution in [1.29, 1.82) is 0 Å². The summed E-state index contributed by atoms with van der Waals surface area (Å²) in [6.45, 7) is 2.11. The third-order valence-corrected chi connectivity index (χ3v) is 4.06. The number of hydrogen-bond donors (Lipinski definition) is 1. The van der Waals surface area contributed by atoms with Gasteiger partial charge in [0.25, 0.3) is 0 Å². The minimum absolute atomic E-state index is 0.181. The van der Waals surface area contributed by atoms with Gasteiger partial charge in [-0.25, -0.2) is 0 Å². The first kappa shape index (κ1) is 15.3. The number of likely N-dealkylation sites (N-methyl/N-ethyl adjacent to an activating group) is 1. The van der Waals surface area contributed by atoms with Crippen molar-refractivity contribution in [3.05, 3.63) is 28.7 Å². The van der Waals surface area contributed by atoms with Crippen LogP contribution in [0.3, 0.4) is 0 Å². The van der Waals surface area contributed by atoms with Crippen LogP contribution in [0.4, 0.5) is 0 Å². The topological polar surface area (TPSA) is 41.6 Å². The number of nitrogens with zero attached hydrogens (tertiary/aromatic N) is 1. The number of carbonyl (C=O) groups excluding carboxylic acids is 1. The summed E-state index contributed by atoms with van der Waals surface area (Å²) < 4.78 is 6.59. The first-order valence-electron chi connectivity index (χ1n) is 7.02. The van der Waals surface area contributed by atoms with Crippen molar-refractivity contribution in [2.45, 2.75) is 25.3 Å². The van der Waals surface area contributed by atoms with Crippen LogP contribution < -0.4 is 10.1 Å². The number of halogens is 1. The molecule has 1 N–H and O–H groups in total. The fourth-order valence-electron chi connectivity index (χ4n) is 2.41. The summed E-state index contributed by atoms with van der Waals surface area (Å²) in [7, 11) is 1.95. The third-order valence-electron chi connectivity index (χ3n) is 3.56. The van der Waals surface area contributed by atoms with Crippen molar-refractivity contribution in [3.63, 3.8) is 0 Å². The van der Waals surface area contributed by atoms with E-state index in [-0.39, 0.29) is 5.91 Å². The molecule has 2 rings (SSSR count). The second-order valence-corrected chi connectivity index (χ2v) is 5.94. The normalized spacial score (nSPS) is 18.9. The first-order chi connectivity index (χ1) is 9.69. The Kier molecular flexibility index (Phi) is 5.86. The summed E-state index contributed by atoms with van der Waals surface area (Å²) >= 11 is 3.40. The highest BCUT2D eigenvalue weighted by atomic mass is 79.9. The molecule has 1 heterocycles. The van der Waals surface area contributed by atoms with Gasteiger partial charge in [-0.05, 0) is 38.1 Å². The van der Waals surface area contributed by atoms with Crippen LogP contribution in [0, 0.1) is 0 Å². The van der Waals surface area contributed by atoms with E-state index in [0.29, 0.717) is 19.1 Å². The monoisotopic (exact) mass is 340 g/mol. The molecule has 0 saturated carbocycles. The van der Waals surface area contributed by atoms with Gasteiger partial charge in [-0.1, -0.05) is 22.0 Å². The van der Waals surface area contributed by atoms with Crippen molar-refractivity contribution in [1.82, 2.24) is 10.2 Å². The van der Waals surface area contributed by atoms with Gasteiger partial charge in [-0.15, -0.1) is 0 Å². The molecule has 20 heavy (non-hydrogen) atoms. The second-order valence-electron chi connectivity index (χ2n) is 5.02. The third kappa shape index (κ3) is 4.49. The van der Waals surface area contributed by atoms with Gasteiger partial charge in [0.2, 0.25) is 5.91 Å². The molecular weight excluding hydrogens is 320 g/mol. The van der Waals surface area contributed by atoms with Crippen LogP contribution in [0.5, 0.6) is 5.75 Å². The molecule has 4 nitrogen and oxygen atoms in total. The van der Waals surface area contributed by atoms with Crippen molar-refractivity contribution in [2.24, 2.45) is 0 Å². The number of likely N-dealkylation sites (tertiary alicyclic amines) is 1. The summed E-state index contributed by atoms with van der Waals surface area (Å²) in [5, 5.41) is 3.25. The highest BCUT2D eigenvalue weighted by molar-refractivity contribution is 9.10. The Hall–Kier alpha value is -1.07. The molecule has 0 aromatic heterocycles. The minimum atomic E-state index is 0.181. The molecule has 1 aromatic carbocycles. The van der Waals surface area contributed by atoms with E-state index in [4.69, 9.17) is 4.74 Å². The summed E-state index contributed by atoms with van der Waals surface area (Å²) in [6.07, 6.45) is 2.65. The number of piperidine rings is 1. The van der Waals surface area contributed by atoms with Crippen LogP contribution in [-0.4, -0.2) is 43.6 Å². The number of amides is 1. The summed E-state index contributed by atoms with van der Waals surface area (Å²) in [5.41, 5.74) is 0. The summed E-state index contributed by atoms with van der Waals surface area (Å²) in [4.78, 5) is 14.1. The average molecular weight is 341 g/mol. The number of nitrogens with one attached hydrogen (secondary N) is 1. The largest absolute Gasteiger partial charge is 0.493 e. The standard InChI is InChI=1S/C15H21BrN2O2/c1-17-13-5-3-8-18(11-13)15(19)7-9-20-14-6-2-4-12(16)10-14/h2,4,6,10,13,17H,3,5,7-9,11H2,1H3. The molecule has 1 aliphatic heterocycles. The SMILES string of the molecule is CNC1CCCN(C(=O)CCOc2cccc(Br)c2)C1. The molecule has 1 unspecified atom stereocenters. The van der Waals surface area contributed by atoms with Crippen LogP contribution in [-0.2, 0) is 4.79 Å². The summed E-state index contributed by atoms with van der Waals surface area (Å²) in [6, 6.07) is 8.10. The zero-order valence-corrected chi connectivity index (χ0v) is 13.4. The molecule has 5 heteroatoms. The molecule has 1 aromatic rings. The van der Waals surface area contributed by atoms with E-state index in [2.05, 4.69) is 21.2 Å². The van der Waals surface area contributed by atoms with Gasteiger partial charge in [0.15, 0.2) is 0 Å². The molecule has 1 aliphatic rings. The van der Waals surface area contributed by atoms with Crippen molar-refractivity contribution in [2.75, 3.05) is 26.7 Å². The lowest BCUT2D eigenvalue weighted by Gasteiger charge is -2.32. The van der Waals surface area contributed by atoms with E-state index in [1.165, 1.54) is 0 Å². The lowest BCUT2D eigenvalue weighted by Crippen LogP contribution is -2.47. The van der Waals surface area contributed by atoms with E-state index in [9.17, 15) is 4.79 Å². The molecule has 110 valence electrons. The van der Waals surface area contributed by atoms with Gasteiger partial charge in [0.05, 0.1) is 13.0 Å². The number of ether oxygens (including phenoxy) is 1. The maximum absolute atomic E-state index is 12.1. The smallest absolute Gasteiger partial charge is 0.226 e. The first-order valence-corrected chi connectivity index (χ1v) is 7.82. The Morgan fingerprint density at radius 3 is 3.15 bits per heavy atom. The zero-order chi connectivity index (χ0) is 14.4. The molecule has 0 aliphatic carbocycles. The van der Waals surface area contributed by atoms with Crippen LogP contribution in [0.25, 0.3) is 0 Å². The van der Waals surface area contributed by atoms with E-state index < -0.39 is 0 Å². The number of carbonyl (C=O) groups is 1. The number of rotatable bonds is 5. The van der Waals surface area contributed by atoms with Gasteiger partial charge in [0, 0.05) is 23.6 Å². The maximum Gasteiger partial charge on any atom is 0.226 e. The molecule has 1 amide bonds. The second kappa shape index (κ2) is 7.64. The highest BCUT2D eigenvalue weighted by Crippen LogP contribution is 2.18. The van der Waals surface area contributed by atoms with Crippen LogP contribution in [0.1, 0.15) is 19.3 Å². The van der Waals surface area contributed by atoms with E-state index in [1.54, 1.807) is 0 Å². The van der Waals surface area contributed by atoms with Crippen molar-refractivity contribution >= 4 is 21.8 Å². The van der Waals surface area contributed by atoms with Crippen molar-refractivity contribution < 1.29 is 9.53 Å². The maximum atomic E-state index is 12.1. The molecule has 1 saturated heterocycles. The van der Waals surface area contributed by atoms with Crippen molar-refractivity contribution in [3.8, 4) is 5.75 Å². The van der Waals surface area contributed by atoms with E-state index >= 15 is 0 Å². The predicted molar refractivity (Wildman–Crippen MR) is 82.9 cm³/mol. The molecule has 1 fully saturated rings. The van der Waals surface area contributed by atoms with Gasteiger partial charge in [-0.2, -0.15) is 0 Å². The van der Waals surface area contributed by atoms with E-state index in [0.717, 1.165) is 36.2 Å². The molecular formula is C15H21BrN2O2. The highest BCUT2D eigenvalue weighted by Gasteiger charge is 2.22. The molecule has 1 atom stereocenters. The Bertz CT molecular complexity index is 453. The van der Waals surface area contributed by atoms with Gasteiger partial charge in [0.1, 0.15) is 5.75 Å². The predicted octanol–water partition coefficient (Wildman–Crippen LogP) is 2.43. The van der Waals surface area contributed by atoms with Gasteiger partial charge in [-0.3, -0.25) is 4.79 Å². The minimum Gasteiger partial charge on any atom is -0.493 e. The average Bonchev–Trinajstić information content (AvgIpc) is 2.47. The van der Waals surface area contributed by atoms with E-state index in [1.807, 2.05) is 36.2 Å². The van der Waals surface area contributed by atoms with Gasteiger partial charge >= 0.3 is 0 Å². The van der Waals surface area contributed by atoms with Gasteiger partial charge < -0.3 is 15.0 Å². The molecule has 0 radical (unpaired) electrons. The van der Waals surface area contributed by atoms with Crippen LogP contribution in [0.2, 0.25) is 0 Å².